The van der Waals surface area contributed by atoms with E-state index in [1.165, 1.54) is 5.56 Å². The molecular weight excluding hydrogens is 276 g/mol. The minimum absolute atomic E-state index is 0.109. The van der Waals surface area contributed by atoms with Gasteiger partial charge in [0.15, 0.2) is 0 Å². The van der Waals surface area contributed by atoms with Crippen molar-refractivity contribution >= 4 is 11.6 Å². The molecule has 3 heterocycles. The summed E-state index contributed by atoms with van der Waals surface area (Å²) in [4.78, 5) is 18.2. The lowest BCUT2D eigenvalue weighted by Gasteiger charge is -2.19. The van der Waals surface area contributed by atoms with Gasteiger partial charge in [0.25, 0.3) is 0 Å². The largest absolute Gasteiger partial charge is 0.333 e. The Balaban J connectivity index is 1.69. The summed E-state index contributed by atoms with van der Waals surface area (Å²) < 4.78 is 2.18. The number of hydrogen-bond donors (Lipinski definition) is 1. The van der Waals surface area contributed by atoms with Crippen LogP contribution in [0.3, 0.4) is 0 Å². The molecule has 1 aromatic carbocycles. The van der Waals surface area contributed by atoms with Gasteiger partial charge in [-0.1, -0.05) is 6.07 Å². The zero-order chi connectivity index (χ0) is 15.3. The van der Waals surface area contributed by atoms with Gasteiger partial charge in [-0.25, -0.2) is 4.98 Å². The molecule has 0 spiro atoms. The van der Waals surface area contributed by atoms with Gasteiger partial charge in [0.05, 0.1) is 5.69 Å². The summed E-state index contributed by atoms with van der Waals surface area (Å²) in [6.07, 6.45) is 4.98. The molecule has 2 N–H and O–H groups in total. The average molecular weight is 296 g/mol. The number of rotatable bonds is 1. The molecule has 22 heavy (non-hydrogen) atoms. The van der Waals surface area contributed by atoms with Gasteiger partial charge in [0.1, 0.15) is 5.82 Å². The Kier molecular flexibility index (Phi) is 3.04. The van der Waals surface area contributed by atoms with Crippen LogP contribution in [-0.4, -0.2) is 28.0 Å². The topological polar surface area (TPSA) is 64.2 Å². The first-order valence-corrected chi connectivity index (χ1v) is 7.85. The Labute approximate surface area is 129 Å². The number of imidazole rings is 1. The Bertz CT molecular complexity index is 749. The highest BCUT2D eigenvalue weighted by Crippen LogP contribution is 2.32. The quantitative estimate of drug-likeness (QED) is 0.871. The van der Waals surface area contributed by atoms with Crippen LogP contribution in [0, 0.1) is 0 Å². The van der Waals surface area contributed by atoms with E-state index in [2.05, 4.69) is 22.9 Å². The van der Waals surface area contributed by atoms with E-state index in [0.29, 0.717) is 0 Å². The van der Waals surface area contributed by atoms with E-state index in [9.17, 15) is 4.79 Å². The summed E-state index contributed by atoms with van der Waals surface area (Å²) in [6, 6.07) is 6.52. The van der Waals surface area contributed by atoms with Gasteiger partial charge in [-0.15, -0.1) is 0 Å². The minimum Gasteiger partial charge on any atom is -0.333 e. The van der Waals surface area contributed by atoms with Crippen molar-refractivity contribution in [1.29, 1.82) is 0 Å². The second-order valence-electron chi connectivity index (χ2n) is 6.26. The molecule has 5 nitrogen and oxygen atoms in total. The number of carbonyl (C=O) groups is 1. The van der Waals surface area contributed by atoms with E-state index in [-0.39, 0.29) is 11.9 Å². The standard InChI is InChI=1S/C17H20N4O/c1-11(22)21-7-6-13-8-12(2-4-16(13)21)15-10-20-9-14(18)3-5-17(20)19-15/h2,4,8,10,14H,3,5-7,9,18H2,1H3. The molecule has 2 aliphatic rings. The molecule has 2 aromatic rings. The monoisotopic (exact) mass is 296 g/mol. The van der Waals surface area contributed by atoms with Crippen LogP contribution in [0.25, 0.3) is 11.3 Å². The van der Waals surface area contributed by atoms with Gasteiger partial charge in [-0.05, 0) is 30.5 Å². The molecule has 114 valence electrons. The Morgan fingerprint density at radius 1 is 1.36 bits per heavy atom. The molecule has 0 saturated heterocycles. The minimum atomic E-state index is 0.109. The number of nitrogens with two attached hydrogens (primary N) is 1. The number of nitrogens with zero attached hydrogens (tertiary/aromatic N) is 3. The van der Waals surface area contributed by atoms with Crippen molar-refractivity contribution < 1.29 is 4.79 Å². The lowest BCUT2D eigenvalue weighted by molar-refractivity contribution is -0.116. The molecule has 1 amide bonds. The summed E-state index contributed by atoms with van der Waals surface area (Å²) in [6.45, 7) is 3.25. The van der Waals surface area contributed by atoms with Crippen LogP contribution in [0.5, 0.6) is 0 Å². The van der Waals surface area contributed by atoms with Crippen molar-refractivity contribution in [3.63, 3.8) is 0 Å². The maximum Gasteiger partial charge on any atom is 0.223 e. The Morgan fingerprint density at radius 2 is 2.23 bits per heavy atom. The summed E-state index contributed by atoms with van der Waals surface area (Å²) in [5.74, 6) is 1.24. The first-order valence-electron chi connectivity index (χ1n) is 7.85. The van der Waals surface area contributed by atoms with E-state index in [1.807, 2.05) is 11.0 Å². The smallest absolute Gasteiger partial charge is 0.223 e. The van der Waals surface area contributed by atoms with Gasteiger partial charge in [-0.2, -0.15) is 0 Å². The van der Waals surface area contributed by atoms with E-state index in [4.69, 9.17) is 10.7 Å². The maximum absolute atomic E-state index is 11.6. The molecule has 0 saturated carbocycles. The SMILES string of the molecule is CC(=O)N1CCc2cc(-c3cn4c(n3)CCC(N)C4)ccc21. The van der Waals surface area contributed by atoms with E-state index in [1.54, 1.807) is 6.92 Å². The van der Waals surface area contributed by atoms with E-state index < -0.39 is 0 Å². The molecule has 0 fully saturated rings. The summed E-state index contributed by atoms with van der Waals surface area (Å²) in [7, 11) is 0. The normalized spacial score (nSPS) is 19.9. The number of fused-ring (bicyclic) bond motifs is 2. The number of benzene rings is 1. The zero-order valence-electron chi connectivity index (χ0n) is 12.7. The Hall–Kier alpha value is -2.14. The van der Waals surface area contributed by atoms with Crippen LogP contribution >= 0.6 is 0 Å². The predicted octanol–water partition coefficient (Wildman–Crippen LogP) is 1.73. The number of hydrogen-bond acceptors (Lipinski definition) is 3. The van der Waals surface area contributed by atoms with E-state index in [0.717, 1.165) is 55.1 Å². The lowest BCUT2D eigenvalue weighted by atomic mass is 10.1. The first kappa shape index (κ1) is 13.5. The lowest BCUT2D eigenvalue weighted by Crippen LogP contribution is -2.31. The van der Waals surface area contributed by atoms with Crippen LogP contribution in [0.15, 0.2) is 24.4 Å². The second-order valence-corrected chi connectivity index (χ2v) is 6.26. The third-order valence-electron chi connectivity index (χ3n) is 4.68. The van der Waals surface area contributed by atoms with Gasteiger partial charge in [0, 0.05) is 49.9 Å². The molecule has 1 unspecified atom stereocenters. The molecule has 1 atom stereocenters. The predicted molar refractivity (Wildman–Crippen MR) is 85.7 cm³/mol. The van der Waals surface area contributed by atoms with Crippen molar-refractivity contribution in [2.24, 2.45) is 5.73 Å². The van der Waals surface area contributed by atoms with Crippen molar-refractivity contribution in [2.45, 2.75) is 38.8 Å². The molecule has 0 bridgehead atoms. The molecular formula is C17H20N4O. The van der Waals surface area contributed by atoms with Crippen molar-refractivity contribution in [3.05, 3.63) is 35.8 Å². The fraction of sp³-hybridized carbons (Fsp3) is 0.412. The van der Waals surface area contributed by atoms with Crippen molar-refractivity contribution in [3.8, 4) is 11.3 Å². The highest BCUT2D eigenvalue weighted by atomic mass is 16.2. The molecule has 4 rings (SSSR count). The third kappa shape index (κ3) is 2.13. The van der Waals surface area contributed by atoms with Crippen molar-refractivity contribution in [1.82, 2.24) is 9.55 Å². The van der Waals surface area contributed by atoms with Crippen LogP contribution in [-0.2, 0) is 24.2 Å². The highest BCUT2D eigenvalue weighted by Gasteiger charge is 2.23. The Morgan fingerprint density at radius 3 is 3.05 bits per heavy atom. The second kappa shape index (κ2) is 4.95. The van der Waals surface area contributed by atoms with Gasteiger partial charge < -0.3 is 15.2 Å². The number of aromatic nitrogens is 2. The molecule has 0 aliphatic carbocycles. The molecule has 2 aliphatic heterocycles. The van der Waals surface area contributed by atoms with Gasteiger partial charge >= 0.3 is 0 Å². The molecule has 1 aromatic heterocycles. The van der Waals surface area contributed by atoms with Crippen LogP contribution in [0.4, 0.5) is 5.69 Å². The van der Waals surface area contributed by atoms with Crippen LogP contribution < -0.4 is 10.6 Å². The average Bonchev–Trinajstić information content (AvgIpc) is 3.09. The first-order chi connectivity index (χ1) is 10.6. The fourth-order valence-corrected chi connectivity index (χ4v) is 3.50. The number of amides is 1. The maximum atomic E-state index is 11.6. The molecule has 5 heteroatoms. The summed E-state index contributed by atoms with van der Waals surface area (Å²) in [5, 5.41) is 0. The number of anilines is 1. The summed E-state index contributed by atoms with van der Waals surface area (Å²) in [5.41, 5.74) is 10.4. The third-order valence-corrected chi connectivity index (χ3v) is 4.68. The number of carbonyl (C=O) groups excluding carboxylic acids is 1. The summed E-state index contributed by atoms with van der Waals surface area (Å²) >= 11 is 0. The van der Waals surface area contributed by atoms with Crippen molar-refractivity contribution in [2.75, 3.05) is 11.4 Å². The molecule has 0 radical (unpaired) electrons. The van der Waals surface area contributed by atoms with E-state index >= 15 is 0 Å². The van der Waals surface area contributed by atoms with Gasteiger partial charge in [0.2, 0.25) is 5.91 Å². The number of aryl methyl sites for hydroxylation is 1. The van der Waals surface area contributed by atoms with Crippen LogP contribution in [0.2, 0.25) is 0 Å². The highest BCUT2D eigenvalue weighted by molar-refractivity contribution is 5.94. The van der Waals surface area contributed by atoms with Crippen LogP contribution in [0.1, 0.15) is 24.7 Å². The van der Waals surface area contributed by atoms with Gasteiger partial charge in [-0.3, -0.25) is 4.79 Å². The zero-order valence-corrected chi connectivity index (χ0v) is 12.7. The fourth-order valence-electron chi connectivity index (χ4n) is 3.50.